The second-order valence-corrected chi connectivity index (χ2v) is 9.27. The number of methoxy groups -OCH3 is 1. The van der Waals surface area contributed by atoms with Crippen LogP contribution in [0.5, 0.6) is 5.75 Å². The Bertz CT molecular complexity index is 1250. The Morgan fingerprint density at radius 2 is 1.77 bits per heavy atom. The van der Waals surface area contributed by atoms with Gasteiger partial charge in [0, 0.05) is 17.7 Å². The van der Waals surface area contributed by atoms with Crippen LogP contribution in [0.1, 0.15) is 30.9 Å². The minimum atomic E-state index is -3.90. The van der Waals surface area contributed by atoms with Crippen molar-refractivity contribution < 1.29 is 13.2 Å². The molecule has 0 saturated carbocycles. The number of rotatable bonds is 6. The summed E-state index contributed by atoms with van der Waals surface area (Å²) in [7, 11) is -2.45. The Hall–Kier alpha value is -3.13. The molecule has 1 heterocycles. The first-order valence-corrected chi connectivity index (χ1v) is 11.8. The fourth-order valence-electron chi connectivity index (χ4n) is 4.13. The normalized spacial score (nSPS) is 13.5. The van der Waals surface area contributed by atoms with Crippen LogP contribution in [0.4, 0.5) is 5.69 Å². The van der Waals surface area contributed by atoms with E-state index in [4.69, 9.17) is 4.74 Å². The number of benzene rings is 2. The summed E-state index contributed by atoms with van der Waals surface area (Å²) in [4.78, 5) is 12.3. The van der Waals surface area contributed by atoms with Gasteiger partial charge in [0.1, 0.15) is 10.6 Å². The Morgan fingerprint density at radius 3 is 2.45 bits per heavy atom. The first-order valence-electron chi connectivity index (χ1n) is 10.3. The van der Waals surface area contributed by atoms with Crippen LogP contribution in [0.3, 0.4) is 0 Å². The molecule has 0 radical (unpaired) electrons. The molecular formula is C23H25N3O4S. The van der Waals surface area contributed by atoms with Crippen molar-refractivity contribution in [3.8, 4) is 17.0 Å². The van der Waals surface area contributed by atoms with Crippen molar-refractivity contribution in [2.24, 2.45) is 0 Å². The Labute approximate surface area is 181 Å². The number of ether oxygens (including phenoxy) is 1. The predicted octanol–water partition coefficient (Wildman–Crippen LogP) is 3.54. The molecule has 7 nitrogen and oxygen atoms in total. The zero-order valence-corrected chi connectivity index (χ0v) is 18.4. The fourth-order valence-corrected chi connectivity index (χ4v) is 5.79. The van der Waals surface area contributed by atoms with Gasteiger partial charge in [0.25, 0.3) is 15.6 Å². The van der Waals surface area contributed by atoms with E-state index in [9.17, 15) is 13.2 Å². The lowest BCUT2D eigenvalue weighted by atomic mass is 9.90. The van der Waals surface area contributed by atoms with Crippen molar-refractivity contribution in [1.29, 1.82) is 0 Å². The molecule has 2 aromatic carbocycles. The summed E-state index contributed by atoms with van der Waals surface area (Å²) in [5, 5.41) is 6.85. The number of aromatic amines is 1. The number of hydrogen-bond acceptors (Lipinski definition) is 5. The van der Waals surface area contributed by atoms with Gasteiger partial charge in [0.05, 0.1) is 18.5 Å². The van der Waals surface area contributed by atoms with E-state index in [0.29, 0.717) is 23.4 Å². The topological polar surface area (TPSA) is 92.4 Å². The Morgan fingerprint density at radius 1 is 1.06 bits per heavy atom. The maximum absolute atomic E-state index is 13.6. The first kappa shape index (κ1) is 21.1. The number of nitrogens with one attached hydrogen (secondary N) is 1. The van der Waals surface area contributed by atoms with Crippen molar-refractivity contribution >= 4 is 15.7 Å². The summed E-state index contributed by atoms with van der Waals surface area (Å²) in [6.07, 6.45) is 3.40. The number of anilines is 1. The Kier molecular flexibility index (Phi) is 5.82. The number of sulfonamides is 1. The molecule has 1 aliphatic carbocycles. The van der Waals surface area contributed by atoms with Crippen molar-refractivity contribution in [1.82, 2.24) is 10.2 Å². The minimum Gasteiger partial charge on any atom is -0.495 e. The monoisotopic (exact) mass is 439 g/mol. The molecule has 3 aromatic rings. The molecule has 4 rings (SSSR count). The average molecular weight is 440 g/mol. The average Bonchev–Trinajstić information content (AvgIpc) is 2.80. The van der Waals surface area contributed by atoms with Crippen molar-refractivity contribution in [3.05, 3.63) is 70.0 Å². The highest BCUT2D eigenvalue weighted by Gasteiger charge is 2.28. The molecule has 1 aromatic heterocycles. The third-order valence-electron chi connectivity index (χ3n) is 5.63. The van der Waals surface area contributed by atoms with Gasteiger partial charge >= 0.3 is 0 Å². The van der Waals surface area contributed by atoms with Crippen LogP contribution in [0, 0.1) is 0 Å². The summed E-state index contributed by atoms with van der Waals surface area (Å²) in [5.41, 5.74) is 3.32. The van der Waals surface area contributed by atoms with Gasteiger partial charge in [-0.05, 0) is 68.5 Å². The number of hydrogen-bond donors (Lipinski definition) is 1. The molecule has 0 aliphatic heterocycles. The highest BCUT2D eigenvalue weighted by molar-refractivity contribution is 7.93. The Balaban J connectivity index is 1.87. The SMILES string of the molecule is CCN(c1ccccc1)S(=O)(=O)c1cc(-c2n[nH]c(=O)c3c2CCCC3)ccc1OC. The van der Waals surface area contributed by atoms with E-state index < -0.39 is 10.0 Å². The summed E-state index contributed by atoms with van der Waals surface area (Å²) in [5.74, 6) is 0.261. The van der Waals surface area contributed by atoms with E-state index in [-0.39, 0.29) is 22.7 Å². The molecule has 1 N–H and O–H groups in total. The van der Waals surface area contributed by atoms with Gasteiger partial charge in [-0.15, -0.1) is 0 Å². The zero-order chi connectivity index (χ0) is 22.0. The second kappa shape index (κ2) is 8.55. The molecule has 8 heteroatoms. The molecule has 0 amide bonds. The number of H-pyrrole nitrogens is 1. The van der Waals surface area contributed by atoms with Gasteiger partial charge in [0.15, 0.2) is 0 Å². The van der Waals surface area contributed by atoms with E-state index in [1.807, 2.05) is 6.07 Å². The van der Waals surface area contributed by atoms with Gasteiger partial charge in [-0.2, -0.15) is 5.10 Å². The largest absolute Gasteiger partial charge is 0.495 e. The molecule has 0 bridgehead atoms. The van der Waals surface area contributed by atoms with Crippen LogP contribution in [-0.2, 0) is 22.9 Å². The molecule has 31 heavy (non-hydrogen) atoms. The lowest BCUT2D eigenvalue weighted by molar-refractivity contribution is 0.402. The van der Waals surface area contributed by atoms with E-state index >= 15 is 0 Å². The van der Waals surface area contributed by atoms with Crippen molar-refractivity contribution in [2.75, 3.05) is 18.0 Å². The van der Waals surface area contributed by atoms with Gasteiger partial charge in [-0.3, -0.25) is 9.10 Å². The van der Waals surface area contributed by atoms with Crippen molar-refractivity contribution in [2.45, 2.75) is 37.5 Å². The van der Waals surface area contributed by atoms with Crippen LogP contribution in [-0.4, -0.2) is 32.3 Å². The van der Waals surface area contributed by atoms with E-state index in [1.165, 1.54) is 11.4 Å². The summed E-state index contributed by atoms with van der Waals surface area (Å²) < 4.78 is 34.0. The molecule has 0 unspecified atom stereocenters. The molecule has 1 aliphatic rings. The smallest absolute Gasteiger partial charge is 0.268 e. The first-order chi connectivity index (χ1) is 15.0. The fraction of sp³-hybridized carbons (Fsp3) is 0.304. The van der Waals surface area contributed by atoms with Gasteiger partial charge < -0.3 is 4.74 Å². The summed E-state index contributed by atoms with van der Waals surface area (Å²) in [6, 6.07) is 14.0. The van der Waals surface area contributed by atoms with Gasteiger partial charge in [-0.25, -0.2) is 13.5 Å². The van der Waals surface area contributed by atoms with E-state index in [0.717, 1.165) is 30.4 Å². The van der Waals surface area contributed by atoms with Crippen LogP contribution >= 0.6 is 0 Å². The highest BCUT2D eigenvalue weighted by Crippen LogP contribution is 2.35. The second-order valence-electron chi connectivity index (χ2n) is 7.44. The highest BCUT2D eigenvalue weighted by atomic mass is 32.2. The van der Waals surface area contributed by atoms with Crippen LogP contribution in [0.2, 0.25) is 0 Å². The van der Waals surface area contributed by atoms with E-state index in [2.05, 4.69) is 10.2 Å². The summed E-state index contributed by atoms with van der Waals surface area (Å²) in [6.45, 7) is 2.06. The minimum absolute atomic E-state index is 0.0655. The number of fused-ring (bicyclic) bond motifs is 1. The quantitative estimate of drug-likeness (QED) is 0.634. The molecule has 0 fully saturated rings. The molecular weight excluding hydrogens is 414 g/mol. The lowest BCUT2D eigenvalue weighted by Crippen LogP contribution is -2.31. The molecule has 0 spiro atoms. The van der Waals surface area contributed by atoms with E-state index in [1.54, 1.807) is 49.4 Å². The van der Waals surface area contributed by atoms with Gasteiger partial charge in [0.2, 0.25) is 0 Å². The van der Waals surface area contributed by atoms with Crippen LogP contribution in [0.25, 0.3) is 11.3 Å². The standard InChI is InChI=1S/C23H25N3O4S/c1-3-26(17-9-5-4-6-10-17)31(28,29)21-15-16(13-14-20(21)30-2)22-18-11-7-8-12-19(18)23(27)25-24-22/h4-6,9-10,13-15H,3,7-8,11-12H2,1-2H3,(H,25,27). The number of nitrogens with zero attached hydrogens (tertiary/aromatic N) is 2. The maximum Gasteiger partial charge on any atom is 0.268 e. The number of aromatic nitrogens is 2. The summed E-state index contributed by atoms with van der Waals surface area (Å²) >= 11 is 0. The zero-order valence-electron chi connectivity index (χ0n) is 17.6. The van der Waals surface area contributed by atoms with Crippen molar-refractivity contribution in [3.63, 3.8) is 0 Å². The van der Waals surface area contributed by atoms with Crippen LogP contribution in [0.15, 0.2) is 58.2 Å². The number of para-hydroxylation sites is 1. The third-order valence-corrected chi connectivity index (χ3v) is 7.56. The maximum atomic E-state index is 13.6. The predicted molar refractivity (Wildman–Crippen MR) is 120 cm³/mol. The molecule has 162 valence electrons. The molecule has 0 atom stereocenters. The molecule has 0 saturated heterocycles. The van der Waals surface area contributed by atoms with Gasteiger partial charge in [-0.1, -0.05) is 18.2 Å². The lowest BCUT2D eigenvalue weighted by Gasteiger charge is -2.24. The third kappa shape index (κ3) is 3.83. The van der Waals surface area contributed by atoms with Crippen LogP contribution < -0.4 is 14.6 Å².